The van der Waals surface area contributed by atoms with Gasteiger partial charge in [-0.3, -0.25) is 4.55 Å². The predicted octanol–water partition coefficient (Wildman–Crippen LogP) is 5.89. The number of halogens is 4. The average molecular weight is 494 g/mol. The fourth-order valence-corrected chi connectivity index (χ4v) is 5.52. The van der Waals surface area contributed by atoms with E-state index in [9.17, 15) is 23.2 Å². The summed E-state index contributed by atoms with van der Waals surface area (Å²) in [5.41, 5.74) is -0.530. The maximum absolute atomic E-state index is 13.0. The molecule has 0 bridgehead atoms. The minimum absolute atomic E-state index is 0.0640. The van der Waals surface area contributed by atoms with E-state index in [1.54, 1.807) is 0 Å². The molecular formula is C19H12Cl4O5S. The number of benzene rings is 3. The summed E-state index contributed by atoms with van der Waals surface area (Å²) in [6.07, 6.45) is 0. The molecule has 0 radical (unpaired) electrons. The van der Waals surface area contributed by atoms with Crippen molar-refractivity contribution in [3.05, 3.63) is 91.4 Å². The van der Waals surface area contributed by atoms with E-state index in [0.717, 1.165) is 18.2 Å². The van der Waals surface area contributed by atoms with E-state index in [2.05, 4.69) is 0 Å². The normalized spacial score (nSPS) is 13.8. The van der Waals surface area contributed by atoms with E-state index in [0.29, 0.717) is 0 Å². The van der Waals surface area contributed by atoms with Crippen LogP contribution in [0.15, 0.2) is 54.6 Å². The lowest BCUT2D eigenvalue weighted by Crippen LogP contribution is -2.39. The average Bonchev–Trinajstić information content (AvgIpc) is 2.61. The maximum atomic E-state index is 13.0. The van der Waals surface area contributed by atoms with Crippen LogP contribution in [0, 0.1) is 0 Å². The van der Waals surface area contributed by atoms with Gasteiger partial charge in [0.05, 0.1) is 10.0 Å². The van der Waals surface area contributed by atoms with Gasteiger partial charge in [-0.05, 0) is 42.0 Å². The van der Waals surface area contributed by atoms with Gasteiger partial charge >= 0.3 is 0 Å². The van der Waals surface area contributed by atoms with Crippen molar-refractivity contribution in [3.63, 3.8) is 0 Å². The minimum Gasteiger partial charge on any atom is -0.508 e. The van der Waals surface area contributed by atoms with Gasteiger partial charge in [-0.2, -0.15) is 8.42 Å². The van der Waals surface area contributed by atoms with E-state index < -0.39 is 20.6 Å². The third kappa shape index (κ3) is 3.77. The first-order valence-electron chi connectivity index (χ1n) is 7.89. The smallest absolute Gasteiger partial charge is 0.283 e. The molecule has 0 saturated heterocycles. The van der Waals surface area contributed by atoms with Crippen molar-refractivity contribution in [1.82, 2.24) is 0 Å². The summed E-state index contributed by atoms with van der Waals surface area (Å²) in [6.45, 7) is 0. The summed E-state index contributed by atoms with van der Waals surface area (Å²) in [5.74, 6) is -0.684. The molecule has 0 heterocycles. The highest BCUT2D eigenvalue weighted by atomic mass is 35.5. The predicted molar refractivity (Wildman–Crippen MR) is 114 cm³/mol. The van der Waals surface area contributed by atoms with Crippen LogP contribution in [0.1, 0.15) is 16.7 Å². The molecule has 0 aliphatic rings. The SMILES string of the molecule is O=S(=O)(O)C(c1cccc(O)c1)(c1cc(Cl)ccc1Cl)c1cc(O)cc(Cl)c1Cl. The first-order chi connectivity index (χ1) is 13.5. The molecule has 3 rings (SSSR count). The number of hydrogen-bond acceptors (Lipinski definition) is 4. The van der Waals surface area contributed by atoms with Crippen molar-refractivity contribution in [3.8, 4) is 11.5 Å². The fourth-order valence-electron chi connectivity index (χ4n) is 3.21. The zero-order valence-electron chi connectivity index (χ0n) is 14.3. The van der Waals surface area contributed by atoms with E-state index in [1.807, 2.05) is 0 Å². The molecule has 0 amide bonds. The van der Waals surface area contributed by atoms with Crippen LogP contribution >= 0.6 is 46.4 Å². The van der Waals surface area contributed by atoms with Crippen molar-refractivity contribution in [2.45, 2.75) is 4.75 Å². The van der Waals surface area contributed by atoms with Crippen LogP contribution in [0.2, 0.25) is 20.1 Å². The zero-order valence-corrected chi connectivity index (χ0v) is 18.1. The Morgan fingerprint density at radius 3 is 2.07 bits per heavy atom. The van der Waals surface area contributed by atoms with Gasteiger partial charge < -0.3 is 10.2 Å². The van der Waals surface area contributed by atoms with Gasteiger partial charge in [-0.1, -0.05) is 58.5 Å². The summed E-state index contributed by atoms with van der Waals surface area (Å²) in [5, 5.41) is 19.7. The molecule has 10 heteroatoms. The molecule has 3 aromatic carbocycles. The summed E-state index contributed by atoms with van der Waals surface area (Å²) in [6, 6.07) is 11.3. The lowest BCUT2D eigenvalue weighted by atomic mass is 9.83. The van der Waals surface area contributed by atoms with Gasteiger partial charge in [-0.15, -0.1) is 0 Å². The summed E-state index contributed by atoms with van der Waals surface area (Å²) >= 11 is 24.8. The summed E-state index contributed by atoms with van der Waals surface area (Å²) in [4.78, 5) is 0. The second kappa shape index (κ2) is 7.87. The van der Waals surface area contributed by atoms with Gasteiger partial charge in [0, 0.05) is 27.2 Å². The summed E-state index contributed by atoms with van der Waals surface area (Å²) < 4.78 is 34.0. The molecule has 0 saturated carbocycles. The van der Waals surface area contributed by atoms with Crippen LogP contribution in [0.5, 0.6) is 11.5 Å². The van der Waals surface area contributed by atoms with Crippen LogP contribution in [0.3, 0.4) is 0 Å². The molecule has 5 nitrogen and oxygen atoms in total. The van der Waals surface area contributed by atoms with Crippen LogP contribution in [-0.2, 0) is 14.9 Å². The monoisotopic (exact) mass is 492 g/mol. The number of hydrogen-bond donors (Lipinski definition) is 3. The van der Waals surface area contributed by atoms with Crippen LogP contribution in [0.4, 0.5) is 0 Å². The van der Waals surface area contributed by atoms with Gasteiger partial charge in [0.25, 0.3) is 10.1 Å². The zero-order chi connectivity index (χ0) is 21.6. The second-order valence-corrected chi connectivity index (χ2v) is 9.31. The highest BCUT2D eigenvalue weighted by Crippen LogP contribution is 2.51. The molecule has 0 aromatic heterocycles. The van der Waals surface area contributed by atoms with Crippen LogP contribution in [0.25, 0.3) is 0 Å². The van der Waals surface area contributed by atoms with Crippen LogP contribution < -0.4 is 0 Å². The van der Waals surface area contributed by atoms with E-state index in [1.165, 1.54) is 36.4 Å². The molecular weight excluding hydrogens is 482 g/mol. The van der Waals surface area contributed by atoms with E-state index in [4.69, 9.17) is 46.4 Å². The van der Waals surface area contributed by atoms with Crippen molar-refractivity contribution in [2.75, 3.05) is 0 Å². The number of phenolic OH excluding ortho intramolecular Hbond substituents is 2. The quantitative estimate of drug-likeness (QED) is 0.311. The van der Waals surface area contributed by atoms with Gasteiger partial charge in [-0.25, -0.2) is 0 Å². The molecule has 1 atom stereocenters. The van der Waals surface area contributed by atoms with Gasteiger partial charge in [0.15, 0.2) is 4.75 Å². The molecule has 0 aliphatic carbocycles. The molecule has 3 aromatic rings. The molecule has 0 fully saturated rings. The van der Waals surface area contributed by atoms with Crippen molar-refractivity contribution < 1.29 is 23.2 Å². The molecule has 152 valence electrons. The Morgan fingerprint density at radius 1 is 0.759 bits per heavy atom. The summed E-state index contributed by atoms with van der Waals surface area (Å²) in [7, 11) is -5.11. The number of phenols is 2. The Morgan fingerprint density at radius 2 is 1.45 bits per heavy atom. The Kier molecular flexibility index (Phi) is 5.98. The van der Waals surface area contributed by atoms with E-state index in [-0.39, 0.29) is 42.5 Å². The molecule has 0 aliphatic heterocycles. The number of aromatic hydroxyl groups is 2. The second-order valence-electron chi connectivity index (χ2n) is 6.12. The lowest BCUT2D eigenvalue weighted by molar-refractivity contribution is 0.455. The molecule has 29 heavy (non-hydrogen) atoms. The van der Waals surface area contributed by atoms with Crippen molar-refractivity contribution in [2.24, 2.45) is 0 Å². The Balaban J connectivity index is 2.65. The number of rotatable bonds is 4. The first-order valence-corrected chi connectivity index (χ1v) is 10.8. The topological polar surface area (TPSA) is 94.8 Å². The van der Waals surface area contributed by atoms with E-state index >= 15 is 0 Å². The first kappa shape index (κ1) is 22.0. The lowest BCUT2D eigenvalue weighted by Gasteiger charge is -2.34. The Bertz CT molecular complexity index is 1210. The standard InChI is InChI=1S/C19H12Cl4O5S/c20-11-4-5-16(21)14(7-11)19(29(26,27)28,10-2-1-3-12(24)6-10)15-8-13(25)9-17(22)18(15)23/h1-9,24-25H,(H,26,27,28). The van der Waals surface area contributed by atoms with Crippen molar-refractivity contribution >= 4 is 56.5 Å². The Hall–Kier alpha value is -1.67. The minimum atomic E-state index is -5.11. The van der Waals surface area contributed by atoms with Gasteiger partial charge in [0.1, 0.15) is 11.5 Å². The maximum Gasteiger partial charge on any atom is 0.283 e. The van der Waals surface area contributed by atoms with Crippen LogP contribution in [-0.4, -0.2) is 23.2 Å². The Labute approximate surface area is 186 Å². The third-order valence-electron chi connectivity index (χ3n) is 4.34. The van der Waals surface area contributed by atoms with Crippen molar-refractivity contribution in [1.29, 1.82) is 0 Å². The largest absolute Gasteiger partial charge is 0.508 e. The fraction of sp³-hybridized carbons (Fsp3) is 0.0526. The van der Waals surface area contributed by atoms with Gasteiger partial charge in [0.2, 0.25) is 0 Å². The third-order valence-corrected chi connectivity index (χ3v) is 7.16. The highest BCUT2D eigenvalue weighted by molar-refractivity contribution is 7.87. The highest BCUT2D eigenvalue weighted by Gasteiger charge is 2.51. The molecule has 1 unspecified atom stereocenters. The molecule has 0 spiro atoms. The molecule has 3 N–H and O–H groups in total.